The van der Waals surface area contributed by atoms with Crippen molar-refractivity contribution in [2.24, 2.45) is 7.05 Å². The van der Waals surface area contributed by atoms with Gasteiger partial charge in [-0.05, 0) is 29.3 Å². The van der Waals surface area contributed by atoms with Gasteiger partial charge in [-0.3, -0.25) is 4.68 Å². The lowest BCUT2D eigenvalue weighted by Gasteiger charge is -2.19. The van der Waals surface area contributed by atoms with E-state index >= 15 is 0 Å². The number of aryl methyl sites for hydroxylation is 2. The summed E-state index contributed by atoms with van der Waals surface area (Å²) in [6.45, 7) is 2.38. The van der Waals surface area contributed by atoms with E-state index in [0.29, 0.717) is 18.1 Å². The number of carboxylic acids is 1. The van der Waals surface area contributed by atoms with Crippen LogP contribution in [0.3, 0.4) is 0 Å². The molecule has 0 amide bonds. The molecule has 0 spiro atoms. The number of carbonyl (C=O) groups is 1. The zero-order valence-electron chi connectivity index (χ0n) is 10.5. The summed E-state index contributed by atoms with van der Waals surface area (Å²) in [5, 5.41) is 17.5. The Hall–Kier alpha value is -1.82. The fourth-order valence-electron chi connectivity index (χ4n) is 2.07. The Labute approximate surface area is 109 Å². The Morgan fingerprint density at radius 1 is 1.61 bits per heavy atom. The highest BCUT2D eigenvalue weighted by molar-refractivity contribution is 7.07. The predicted octanol–water partition coefficient (Wildman–Crippen LogP) is 2.12. The maximum atomic E-state index is 11.3. The molecule has 2 aromatic heterocycles. The number of thiophene rings is 1. The smallest absolute Gasteiger partial charge is 0.341 e. The zero-order valence-corrected chi connectivity index (χ0v) is 11.4. The molecule has 1 N–H and O–H groups in total. The fraction of sp³-hybridized carbons (Fsp3) is 0.333. The Balaban J connectivity index is 2.35. The second-order valence-corrected chi connectivity index (χ2v) is 4.98. The molecule has 0 saturated heterocycles. The van der Waals surface area contributed by atoms with Gasteiger partial charge in [-0.1, -0.05) is 0 Å². The second-order valence-electron chi connectivity index (χ2n) is 4.20. The highest BCUT2D eigenvalue weighted by Crippen LogP contribution is 2.24. The third kappa shape index (κ3) is 2.24. The summed E-state index contributed by atoms with van der Waals surface area (Å²) in [6.07, 6.45) is 0. The summed E-state index contributed by atoms with van der Waals surface area (Å²) in [5.74, 6) is -0.307. The molecule has 18 heavy (non-hydrogen) atoms. The zero-order chi connectivity index (χ0) is 13.3. The molecule has 0 aliphatic carbocycles. The van der Waals surface area contributed by atoms with Gasteiger partial charge in [0, 0.05) is 20.6 Å². The minimum absolute atomic E-state index is 0.273. The number of aromatic nitrogens is 2. The van der Waals surface area contributed by atoms with E-state index in [1.165, 1.54) is 0 Å². The van der Waals surface area contributed by atoms with E-state index in [1.807, 2.05) is 23.4 Å². The third-order valence-electron chi connectivity index (χ3n) is 2.77. The number of hydrogen-bond donors (Lipinski definition) is 1. The van der Waals surface area contributed by atoms with Crippen molar-refractivity contribution in [3.63, 3.8) is 0 Å². The van der Waals surface area contributed by atoms with Gasteiger partial charge < -0.3 is 10.0 Å². The van der Waals surface area contributed by atoms with Gasteiger partial charge in [0.05, 0.1) is 5.69 Å². The summed E-state index contributed by atoms with van der Waals surface area (Å²) >= 11 is 1.63. The Morgan fingerprint density at radius 3 is 2.89 bits per heavy atom. The molecule has 0 unspecified atom stereocenters. The topological polar surface area (TPSA) is 58.4 Å². The van der Waals surface area contributed by atoms with E-state index in [2.05, 4.69) is 10.5 Å². The van der Waals surface area contributed by atoms with E-state index < -0.39 is 5.97 Å². The van der Waals surface area contributed by atoms with Gasteiger partial charge in [-0.2, -0.15) is 16.4 Å². The van der Waals surface area contributed by atoms with Crippen LogP contribution >= 0.6 is 11.3 Å². The Kier molecular flexibility index (Phi) is 3.38. The molecule has 2 rings (SSSR count). The van der Waals surface area contributed by atoms with Crippen LogP contribution < -0.4 is 4.90 Å². The second kappa shape index (κ2) is 4.81. The van der Waals surface area contributed by atoms with E-state index in [9.17, 15) is 9.90 Å². The minimum atomic E-state index is -0.937. The molecule has 6 heteroatoms. The molecule has 0 saturated carbocycles. The van der Waals surface area contributed by atoms with Crippen LogP contribution in [-0.2, 0) is 13.6 Å². The quantitative estimate of drug-likeness (QED) is 0.920. The van der Waals surface area contributed by atoms with E-state index in [1.54, 1.807) is 30.0 Å². The average Bonchev–Trinajstić information content (AvgIpc) is 2.85. The van der Waals surface area contributed by atoms with Crippen molar-refractivity contribution in [2.45, 2.75) is 13.5 Å². The van der Waals surface area contributed by atoms with Crippen LogP contribution in [0, 0.1) is 6.92 Å². The number of anilines is 1. The lowest BCUT2D eigenvalue weighted by atomic mass is 10.2. The highest BCUT2D eigenvalue weighted by atomic mass is 32.1. The molecular weight excluding hydrogens is 250 g/mol. The number of rotatable bonds is 4. The van der Waals surface area contributed by atoms with Crippen LogP contribution in [-0.4, -0.2) is 27.9 Å². The number of aromatic carboxylic acids is 1. The molecule has 0 atom stereocenters. The van der Waals surface area contributed by atoms with Gasteiger partial charge in [0.1, 0.15) is 11.4 Å². The van der Waals surface area contributed by atoms with Crippen molar-refractivity contribution in [1.29, 1.82) is 0 Å². The molecule has 2 heterocycles. The first kappa shape index (κ1) is 12.6. The van der Waals surface area contributed by atoms with E-state index in [4.69, 9.17) is 0 Å². The number of carboxylic acid groups (broad SMARTS) is 1. The molecular formula is C12H15N3O2S. The highest BCUT2D eigenvalue weighted by Gasteiger charge is 2.22. The van der Waals surface area contributed by atoms with Crippen LogP contribution in [0.5, 0.6) is 0 Å². The summed E-state index contributed by atoms with van der Waals surface area (Å²) in [6, 6.07) is 2.03. The van der Waals surface area contributed by atoms with Crippen LogP contribution in [0.15, 0.2) is 16.8 Å². The van der Waals surface area contributed by atoms with E-state index in [0.717, 1.165) is 5.56 Å². The first-order chi connectivity index (χ1) is 8.50. The summed E-state index contributed by atoms with van der Waals surface area (Å²) < 4.78 is 1.62. The van der Waals surface area contributed by atoms with Crippen LogP contribution in [0.25, 0.3) is 0 Å². The van der Waals surface area contributed by atoms with Gasteiger partial charge in [0.25, 0.3) is 0 Å². The molecule has 0 bridgehead atoms. The Morgan fingerprint density at radius 2 is 2.33 bits per heavy atom. The van der Waals surface area contributed by atoms with Crippen molar-refractivity contribution in [3.05, 3.63) is 33.6 Å². The van der Waals surface area contributed by atoms with Gasteiger partial charge >= 0.3 is 5.97 Å². The molecule has 0 aliphatic rings. The molecule has 0 radical (unpaired) electrons. The molecule has 2 aromatic rings. The van der Waals surface area contributed by atoms with Gasteiger partial charge in [-0.15, -0.1) is 0 Å². The maximum absolute atomic E-state index is 11.3. The van der Waals surface area contributed by atoms with E-state index in [-0.39, 0.29) is 5.56 Å². The standard InChI is InChI=1S/C12H15N3O2S/c1-8-10(12(16)17)11(15(3)13-8)14(2)6-9-4-5-18-7-9/h4-5,7H,6H2,1-3H3,(H,16,17). The largest absolute Gasteiger partial charge is 0.477 e. The maximum Gasteiger partial charge on any atom is 0.341 e. The summed E-state index contributed by atoms with van der Waals surface area (Å²) in [5.41, 5.74) is 1.98. The molecule has 5 nitrogen and oxygen atoms in total. The van der Waals surface area contributed by atoms with Gasteiger partial charge in [-0.25, -0.2) is 4.79 Å². The number of nitrogens with zero attached hydrogens (tertiary/aromatic N) is 3. The SMILES string of the molecule is Cc1nn(C)c(N(C)Cc2ccsc2)c1C(=O)O. The fourth-order valence-corrected chi connectivity index (χ4v) is 2.73. The molecule has 96 valence electrons. The Bertz CT molecular complexity index is 560. The lowest BCUT2D eigenvalue weighted by Crippen LogP contribution is -2.21. The van der Waals surface area contributed by atoms with Crippen molar-refractivity contribution < 1.29 is 9.90 Å². The molecule has 0 fully saturated rings. The first-order valence-electron chi connectivity index (χ1n) is 5.49. The van der Waals surface area contributed by atoms with Gasteiger partial charge in [0.2, 0.25) is 0 Å². The predicted molar refractivity (Wildman–Crippen MR) is 71.3 cm³/mol. The van der Waals surface area contributed by atoms with Crippen LogP contribution in [0.1, 0.15) is 21.6 Å². The normalized spacial score (nSPS) is 10.6. The summed E-state index contributed by atoms with van der Waals surface area (Å²) in [4.78, 5) is 13.2. The average molecular weight is 265 g/mol. The van der Waals surface area contributed by atoms with Crippen LogP contribution in [0.4, 0.5) is 5.82 Å². The first-order valence-corrected chi connectivity index (χ1v) is 6.44. The number of hydrogen-bond acceptors (Lipinski definition) is 4. The third-order valence-corrected chi connectivity index (χ3v) is 3.50. The van der Waals surface area contributed by atoms with Crippen molar-refractivity contribution >= 4 is 23.1 Å². The molecule has 0 aliphatic heterocycles. The lowest BCUT2D eigenvalue weighted by molar-refractivity contribution is 0.0696. The van der Waals surface area contributed by atoms with Crippen molar-refractivity contribution in [2.75, 3.05) is 11.9 Å². The molecule has 0 aromatic carbocycles. The summed E-state index contributed by atoms with van der Waals surface area (Å²) in [7, 11) is 3.64. The van der Waals surface area contributed by atoms with Crippen LogP contribution in [0.2, 0.25) is 0 Å². The van der Waals surface area contributed by atoms with Crippen molar-refractivity contribution in [1.82, 2.24) is 9.78 Å². The van der Waals surface area contributed by atoms with Crippen molar-refractivity contribution in [3.8, 4) is 0 Å². The monoisotopic (exact) mass is 265 g/mol. The minimum Gasteiger partial charge on any atom is -0.477 e. The van der Waals surface area contributed by atoms with Gasteiger partial charge in [0.15, 0.2) is 0 Å².